The van der Waals surface area contributed by atoms with Crippen molar-refractivity contribution in [3.05, 3.63) is 47.5 Å². The van der Waals surface area contributed by atoms with Gasteiger partial charge in [0.25, 0.3) is 5.91 Å². The molecule has 0 aromatic heterocycles. The van der Waals surface area contributed by atoms with Gasteiger partial charge < -0.3 is 29.7 Å². The molecule has 0 radical (unpaired) electrons. The standard InChI is InChI=1S/C26H36BF3N4O6/c1-18(2)12-20(14-31)25(36)34-11-7-6-10-21(34)15-39-16-22(32-17-26(28,29)30)24(35)33-23(40-27(37)38)13-19-8-4-3-5-9-19/h3-5,8-9,12,18,21-23,32,37-38H,6-7,10-11,13,15-17H2,1-2H3,(H,33,35)/t21-,22+,23-/m1/s1. The van der Waals surface area contributed by atoms with Crippen molar-refractivity contribution in [3.8, 4) is 6.07 Å². The Kier molecular flexibility index (Phi) is 13.6. The van der Waals surface area contributed by atoms with Crippen LogP contribution in [0, 0.1) is 17.2 Å². The number of ether oxygens (including phenoxy) is 1. The van der Waals surface area contributed by atoms with E-state index in [1.807, 2.05) is 19.9 Å². The summed E-state index contributed by atoms with van der Waals surface area (Å²) in [5, 5.41) is 32.5. The first-order valence-corrected chi connectivity index (χ1v) is 13.1. The molecular formula is C26H36BF3N4O6. The van der Waals surface area contributed by atoms with Crippen molar-refractivity contribution in [1.82, 2.24) is 15.5 Å². The normalized spacial score (nSPS) is 17.7. The van der Waals surface area contributed by atoms with E-state index in [1.165, 1.54) is 4.90 Å². The number of nitriles is 1. The second-order valence-electron chi connectivity index (χ2n) is 9.82. The maximum absolute atomic E-state index is 13.0. The molecule has 0 spiro atoms. The van der Waals surface area contributed by atoms with Crippen LogP contribution >= 0.6 is 0 Å². The maximum atomic E-state index is 13.0. The number of carbonyl (C=O) groups is 2. The lowest BCUT2D eigenvalue weighted by Gasteiger charge is -2.35. The zero-order valence-corrected chi connectivity index (χ0v) is 22.6. The molecule has 2 rings (SSSR count). The highest BCUT2D eigenvalue weighted by molar-refractivity contribution is 6.32. The van der Waals surface area contributed by atoms with Crippen LogP contribution in [0.4, 0.5) is 13.2 Å². The quantitative estimate of drug-likeness (QED) is 0.115. The van der Waals surface area contributed by atoms with Gasteiger partial charge in [0, 0.05) is 13.0 Å². The number of nitrogens with one attached hydrogen (secondary N) is 2. The van der Waals surface area contributed by atoms with Crippen LogP contribution in [0.3, 0.4) is 0 Å². The third-order valence-electron chi connectivity index (χ3n) is 6.05. The summed E-state index contributed by atoms with van der Waals surface area (Å²) in [4.78, 5) is 27.5. The lowest BCUT2D eigenvalue weighted by atomic mass is 10.0. The largest absolute Gasteiger partial charge is 0.635 e. The fraction of sp³-hybridized carbons (Fsp3) is 0.577. The number of amides is 2. The molecule has 0 unspecified atom stereocenters. The number of hydrogen-bond acceptors (Lipinski definition) is 8. The maximum Gasteiger partial charge on any atom is 0.635 e. The first-order valence-electron chi connectivity index (χ1n) is 13.1. The van der Waals surface area contributed by atoms with Crippen LogP contribution < -0.4 is 10.6 Å². The lowest BCUT2D eigenvalue weighted by molar-refractivity contribution is -0.138. The Hall–Kier alpha value is -2.96. The fourth-order valence-corrected chi connectivity index (χ4v) is 4.24. The molecule has 3 atom stereocenters. The second kappa shape index (κ2) is 16.3. The monoisotopic (exact) mass is 568 g/mol. The van der Waals surface area contributed by atoms with E-state index < -0.39 is 56.8 Å². The Morgan fingerprint density at radius 3 is 2.55 bits per heavy atom. The first kappa shape index (κ1) is 33.3. The molecule has 1 heterocycles. The van der Waals surface area contributed by atoms with E-state index in [1.54, 1.807) is 36.4 Å². The number of allylic oxidation sites excluding steroid dienone is 1. The molecule has 10 nitrogen and oxygen atoms in total. The zero-order chi connectivity index (χ0) is 29.7. The first-order chi connectivity index (χ1) is 18.9. The van der Waals surface area contributed by atoms with E-state index in [4.69, 9.17) is 9.39 Å². The number of carbonyl (C=O) groups excluding carboxylic acids is 2. The Morgan fingerprint density at radius 1 is 1.25 bits per heavy atom. The van der Waals surface area contributed by atoms with Gasteiger partial charge in [-0.2, -0.15) is 18.4 Å². The minimum atomic E-state index is -4.61. The van der Waals surface area contributed by atoms with Crippen molar-refractivity contribution in [1.29, 1.82) is 5.26 Å². The minimum Gasteiger partial charge on any atom is -0.402 e. The fourth-order valence-electron chi connectivity index (χ4n) is 4.24. The van der Waals surface area contributed by atoms with Crippen molar-refractivity contribution in [3.63, 3.8) is 0 Å². The van der Waals surface area contributed by atoms with Gasteiger partial charge in [-0.15, -0.1) is 0 Å². The number of rotatable bonds is 14. The topological polar surface area (TPSA) is 144 Å². The molecule has 1 fully saturated rings. The molecule has 1 aromatic rings. The van der Waals surface area contributed by atoms with E-state index in [0.29, 0.717) is 18.5 Å². The molecule has 40 heavy (non-hydrogen) atoms. The number of alkyl halides is 3. The van der Waals surface area contributed by atoms with E-state index in [-0.39, 0.29) is 24.5 Å². The van der Waals surface area contributed by atoms with Gasteiger partial charge in [-0.1, -0.05) is 50.3 Å². The van der Waals surface area contributed by atoms with Crippen LogP contribution in [0.5, 0.6) is 0 Å². The van der Waals surface area contributed by atoms with Crippen molar-refractivity contribution >= 4 is 19.1 Å². The Bertz CT molecular complexity index is 1020. The summed E-state index contributed by atoms with van der Waals surface area (Å²) >= 11 is 0. The summed E-state index contributed by atoms with van der Waals surface area (Å²) in [5.74, 6) is -1.36. The van der Waals surface area contributed by atoms with Gasteiger partial charge in [-0.05, 0) is 30.7 Å². The van der Waals surface area contributed by atoms with Crippen LogP contribution in [0.1, 0.15) is 38.7 Å². The average molecular weight is 568 g/mol. The van der Waals surface area contributed by atoms with Crippen LogP contribution in [0.2, 0.25) is 0 Å². The molecule has 2 amide bonds. The van der Waals surface area contributed by atoms with Crippen molar-refractivity contribution < 1.29 is 42.2 Å². The number of likely N-dealkylation sites (tertiary alicyclic amines) is 1. The van der Waals surface area contributed by atoms with Gasteiger partial charge in [0.15, 0.2) is 0 Å². The Morgan fingerprint density at radius 2 is 1.95 bits per heavy atom. The van der Waals surface area contributed by atoms with Crippen molar-refractivity contribution in [2.24, 2.45) is 5.92 Å². The second-order valence-corrected chi connectivity index (χ2v) is 9.82. The van der Waals surface area contributed by atoms with Crippen molar-refractivity contribution in [2.75, 3.05) is 26.3 Å². The number of halogens is 3. The van der Waals surface area contributed by atoms with E-state index in [0.717, 1.165) is 12.8 Å². The molecule has 1 aliphatic rings. The highest BCUT2D eigenvalue weighted by atomic mass is 19.4. The van der Waals surface area contributed by atoms with Crippen molar-refractivity contribution in [2.45, 2.75) is 64.0 Å². The molecule has 220 valence electrons. The number of piperidine rings is 1. The summed E-state index contributed by atoms with van der Waals surface area (Å²) < 4.78 is 49.4. The smallest absolute Gasteiger partial charge is 0.402 e. The number of nitrogens with zero attached hydrogens (tertiary/aromatic N) is 2. The van der Waals surface area contributed by atoms with E-state index in [2.05, 4.69) is 10.6 Å². The summed E-state index contributed by atoms with van der Waals surface area (Å²) in [6.45, 7) is 2.10. The predicted octanol–water partition coefficient (Wildman–Crippen LogP) is 1.68. The summed E-state index contributed by atoms with van der Waals surface area (Å²) in [5.41, 5.74) is 0.691. The third kappa shape index (κ3) is 12.1. The molecule has 14 heteroatoms. The summed E-state index contributed by atoms with van der Waals surface area (Å²) in [7, 11) is -2.23. The number of hydrogen-bond donors (Lipinski definition) is 4. The molecule has 1 aromatic carbocycles. The van der Waals surface area contributed by atoms with Crippen LogP contribution in [-0.4, -0.2) is 84.9 Å². The summed E-state index contributed by atoms with van der Waals surface area (Å²) in [6.07, 6.45) is -2.17. The third-order valence-corrected chi connectivity index (χ3v) is 6.05. The Balaban J connectivity index is 2.09. The molecular weight excluding hydrogens is 532 g/mol. The predicted molar refractivity (Wildman–Crippen MR) is 140 cm³/mol. The zero-order valence-electron chi connectivity index (χ0n) is 22.6. The van der Waals surface area contributed by atoms with E-state index >= 15 is 0 Å². The summed E-state index contributed by atoms with van der Waals surface area (Å²) in [6, 6.07) is 8.67. The number of benzene rings is 1. The average Bonchev–Trinajstić information content (AvgIpc) is 2.88. The van der Waals surface area contributed by atoms with Gasteiger partial charge in [0.05, 0.1) is 25.8 Å². The van der Waals surface area contributed by atoms with Gasteiger partial charge >= 0.3 is 13.5 Å². The van der Waals surface area contributed by atoms with Gasteiger partial charge in [0.2, 0.25) is 5.91 Å². The molecule has 0 bridgehead atoms. The van der Waals surface area contributed by atoms with Gasteiger partial charge in [-0.3, -0.25) is 14.9 Å². The van der Waals surface area contributed by atoms with Crippen LogP contribution in [-0.2, 0) is 25.4 Å². The highest BCUT2D eigenvalue weighted by Crippen LogP contribution is 2.20. The molecule has 0 aliphatic carbocycles. The molecule has 1 saturated heterocycles. The van der Waals surface area contributed by atoms with Crippen LogP contribution in [0.25, 0.3) is 0 Å². The highest BCUT2D eigenvalue weighted by Gasteiger charge is 2.33. The lowest BCUT2D eigenvalue weighted by Crippen LogP contribution is -2.54. The minimum absolute atomic E-state index is 0.0151. The van der Waals surface area contributed by atoms with E-state index in [9.17, 15) is 38.1 Å². The Labute approximate surface area is 232 Å². The van der Waals surface area contributed by atoms with Gasteiger partial charge in [-0.25, -0.2) is 0 Å². The molecule has 1 aliphatic heterocycles. The SMILES string of the molecule is CC(C)C=C(C#N)C(=O)N1CCCC[C@@H]1COC[C@H](NCC(F)(F)F)C(=O)N[C@@H](Cc1ccccc1)OB(O)O. The molecule has 0 saturated carbocycles. The van der Waals surface area contributed by atoms with Gasteiger partial charge in [0.1, 0.15) is 23.9 Å². The molecule has 4 N–H and O–H groups in total. The van der Waals surface area contributed by atoms with Crippen LogP contribution in [0.15, 0.2) is 42.0 Å².